The molecule has 1 aromatic rings. The average Bonchev–Trinajstić information content (AvgIpc) is 2.48. The fourth-order valence-electron chi connectivity index (χ4n) is 1.41. The summed E-state index contributed by atoms with van der Waals surface area (Å²) in [6.07, 6.45) is 1.69. The zero-order valence-electron chi connectivity index (χ0n) is 8.29. The van der Waals surface area contributed by atoms with Crippen LogP contribution in [0.4, 0.5) is 5.13 Å². The number of hydrogen-bond donors (Lipinski definition) is 2. The highest BCUT2D eigenvalue weighted by Gasteiger charge is 2.28. The number of aromatic nitrogens is 1. The van der Waals surface area contributed by atoms with Crippen molar-refractivity contribution in [3.05, 3.63) is 9.98 Å². The third-order valence-corrected chi connectivity index (χ3v) is 4.03. The second-order valence-electron chi connectivity index (χ2n) is 3.67. The van der Waals surface area contributed by atoms with Gasteiger partial charge in [-0.05, 0) is 34.9 Å². The molecule has 15 heavy (non-hydrogen) atoms. The predicted molar refractivity (Wildman–Crippen MR) is 64.0 cm³/mol. The standard InChI is InChI=1S/C9H12BrN3OS/c1-5(6-2-11-3-6)8(14)13-9-12-4-7(10)15-9/h4-6,11H,2-3H2,1H3,(H,12,13,14). The Hall–Kier alpha value is -0.460. The Morgan fingerprint density at radius 1 is 1.80 bits per heavy atom. The van der Waals surface area contributed by atoms with E-state index in [4.69, 9.17) is 0 Å². The van der Waals surface area contributed by atoms with Gasteiger partial charge in [-0.15, -0.1) is 0 Å². The van der Waals surface area contributed by atoms with E-state index in [9.17, 15) is 4.79 Å². The van der Waals surface area contributed by atoms with Crippen LogP contribution in [0.15, 0.2) is 9.98 Å². The van der Waals surface area contributed by atoms with Crippen molar-refractivity contribution >= 4 is 38.3 Å². The molecule has 0 spiro atoms. The SMILES string of the molecule is CC(C(=O)Nc1ncc(Br)s1)C1CNC1. The molecule has 1 fully saturated rings. The van der Waals surface area contributed by atoms with Crippen LogP contribution in [0, 0.1) is 11.8 Å². The van der Waals surface area contributed by atoms with Gasteiger partial charge >= 0.3 is 0 Å². The Morgan fingerprint density at radius 3 is 3.00 bits per heavy atom. The van der Waals surface area contributed by atoms with E-state index in [-0.39, 0.29) is 11.8 Å². The molecular formula is C9H12BrN3OS. The molecule has 0 aromatic carbocycles. The number of hydrogen-bond acceptors (Lipinski definition) is 4. The first-order valence-corrected chi connectivity index (χ1v) is 6.40. The van der Waals surface area contributed by atoms with Crippen LogP contribution in [0.25, 0.3) is 0 Å². The second-order valence-corrected chi connectivity index (χ2v) is 6.08. The lowest BCUT2D eigenvalue weighted by molar-refractivity contribution is -0.121. The van der Waals surface area contributed by atoms with Gasteiger partial charge in [0.05, 0.1) is 9.98 Å². The van der Waals surface area contributed by atoms with E-state index in [2.05, 4.69) is 31.5 Å². The molecule has 0 radical (unpaired) electrons. The Morgan fingerprint density at radius 2 is 2.53 bits per heavy atom. The summed E-state index contributed by atoms with van der Waals surface area (Å²) < 4.78 is 0.927. The summed E-state index contributed by atoms with van der Waals surface area (Å²) in [5.74, 6) is 0.575. The quantitative estimate of drug-likeness (QED) is 0.891. The van der Waals surface area contributed by atoms with Gasteiger partial charge in [-0.3, -0.25) is 4.79 Å². The fraction of sp³-hybridized carbons (Fsp3) is 0.556. The van der Waals surface area contributed by atoms with Crippen LogP contribution in [-0.2, 0) is 4.79 Å². The highest BCUT2D eigenvalue weighted by molar-refractivity contribution is 9.11. The molecule has 1 aliphatic rings. The van der Waals surface area contributed by atoms with Gasteiger partial charge in [0, 0.05) is 5.92 Å². The Kier molecular flexibility index (Phi) is 3.38. The smallest absolute Gasteiger partial charge is 0.229 e. The molecule has 0 bridgehead atoms. The van der Waals surface area contributed by atoms with Crippen LogP contribution in [0.3, 0.4) is 0 Å². The lowest BCUT2D eigenvalue weighted by Gasteiger charge is -2.31. The van der Waals surface area contributed by atoms with Gasteiger partial charge in [0.2, 0.25) is 5.91 Å². The minimum absolute atomic E-state index is 0.0499. The minimum Gasteiger partial charge on any atom is -0.316 e. The molecule has 2 heterocycles. The summed E-state index contributed by atoms with van der Waals surface area (Å²) in [4.78, 5) is 15.8. The van der Waals surface area contributed by atoms with Crippen LogP contribution in [0.1, 0.15) is 6.92 Å². The molecule has 1 unspecified atom stereocenters. The van der Waals surface area contributed by atoms with Crippen molar-refractivity contribution in [2.45, 2.75) is 6.92 Å². The fourth-order valence-corrected chi connectivity index (χ4v) is 2.52. The van der Waals surface area contributed by atoms with Crippen molar-refractivity contribution < 1.29 is 4.79 Å². The van der Waals surface area contributed by atoms with Crippen LogP contribution >= 0.6 is 27.3 Å². The maximum atomic E-state index is 11.8. The van der Waals surface area contributed by atoms with Crippen LogP contribution in [0.5, 0.6) is 0 Å². The van der Waals surface area contributed by atoms with Gasteiger partial charge in [-0.25, -0.2) is 4.98 Å². The van der Waals surface area contributed by atoms with Gasteiger partial charge in [0.1, 0.15) is 0 Å². The number of halogens is 1. The number of thiazole rings is 1. The maximum absolute atomic E-state index is 11.8. The molecule has 1 atom stereocenters. The van der Waals surface area contributed by atoms with Gasteiger partial charge in [-0.2, -0.15) is 0 Å². The third-order valence-electron chi connectivity index (χ3n) is 2.64. The maximum Gasteiger partial charge on any atom is 0.229 e. The van der Waals surface area contributed by atoms with E-state index in [1.807, 2.05) is 6.92 Å². The zero-order chi connectivity index (χ0) is 10.8. The van der Waals surface area contributed by atoms with E-state index in [1.54, 1.807) is 6.20 Å². The second kappa shape index (κ2) is 4.59. The number of nitrogens with zero attached hydrogens (tertiary/aromatic N) is 1. The molecule has 1 aliphatic heterocycles. The van der Waals surface area contributed by atoms with Crippen molar-refractivity contribution in [3.63, 3.8) is 0 Å². The first-order valence-electron chi connectivity index (χ1n) is 4.79. The number of nitrogens with one attached hydrogen (secondary N) is 2. The van der Waals surface area contributed by atoms with Crippen molar-refractivity contribution in [2.24, 2.45) is 11.8 Å². The summed E-state index contributed by atoms with van der Waals surface area (Å²) in [6.45, 7) is 3.84. The molecule has 82 valence electrons. The number of carbonyl (C=O) groups is 1. The van der Waals surface area contributed by atoms with E-state index in [1.165, 1.54) is 11.3 Å². The first-order chi connectivity index (χ1) is 7.16. The predicted octanol–water partition coefficient (Wildman–Crippen LogP) is 1.70. The summed E-state index contributed by atoms with van der Waals surface area (Å²) in [5, 5.41) is 6.65. The lowest BCUT2D eigenvalue weighted by atomic mass is 9.88. The summed E-state index contributed by atoms with van der Waals surface area (Å²) in [7, 11) is 0. The first kappa shape index (κ1) is 11.0. The number of rotatable bonds is 3. The van der Waals surface area contributed by atoms with Crippen molar-refractivity contribution in [1.82, 2.24) is 10.3 Å². The summed E-state index contributed by atoms with van der Waals surface area (Å²) in [5.41, 5.74) is 0. The van der Waals surface area contributed by atoms with Crippen LogP contribution < -0.4 is 10.6 Å². The molecule has 1 aromatic heterocycles. The van der Waals surface area contributed by atoms with E-state index in [0.29, 0.717) is 11.0 Å². The van der Waals surface area contributed by atoms with Crippen molar-refractivity contribution in [3.8, 4) is 0 Å². The zero-order valence-corrected chi connectivity index (χ0v) is 10.7. The van der Waals surface area contributed by atoms with E-state index < -0.39 is 0 Å². The normalized spacial score (nSPS) is 18.3. The molecule has 1 amide bonds. The monoisotopic (exact) mass is 289 g/mol. The van der Waals surface area contributed by atoms with Crippen LogP contribution in [0.2, 0.25) is 0 Å². The van der Waals surface area contributed by atoms with Gasteiger partial charge in [0.25, 0.3) is 0 Å². The highest BCUT2D eigenvalue weighted by atomic mass is 79.9. The lowest BCUT2D eigenvalue weighted by Crippen LogP contribution is -2.48. The number of carbonyl (C=O) groups excluding carboxylic acids is 1. The van der Waals surface area contributed by atoms with Crippen molar-refractivity contribution in [1.29, 1.82) is 0 Å². The Labute approximate surface area is 101 Å². The third kappa shape index (κ3) is 2.56. The molecular weight excluding hydrogens is 278 g/mol. The van der Waals surface area contributed by atoms with E-state index >= 15 is 0 Å². The van der Waals surface area contributed by atoms with Gasteiger partial charge in [0.15, 0.2) is 5.13 Å². The molecule has 0 aliphatic carbocycles. The molecule has 1 saturated heterocycles. The van der Waals surface area contributed by atoms with Gasteiger partial charge < -0.3 is 10.6 Å². The van der Waals surface area contributed by atoms with Crippen molar-refractivity contribution in [2.75, 3.05) is 18.4 Å². The largest absolute Gasteiger partial charge is 0.316 e. The summed E-state index contributed by atoms with van der Waals surface area (Å²) in [6, 6.07) is 0. The van der Waals surface area contributed by atoms with E-state index in [0.717, 1.165) is 16.9 Å². The highest BCUT2D eigenvalue weighted by Crippen LogP contribution is 2.24. The average molecular weight is 290 g/mol. The molecule has 2 rings (SSSR count). The topological polar surface area (TPSA) is 54.0 Å². The molecule has 0 saturated carbocycles. The molecule has 6 heteroatoms. The number of anilines is 1. The Balaban J connectivity index is 1.91. The Bertz CT molecular complexity index is 364. The van der Waals surface area contributed by atoms with Crippen LogP contribution in [-0.4, -0.2) is 24.0 Å². The van der Waals surface area contributed by atoms with Gasteiger partial charge in [-0.1, -0.05) is 18.3 Å². The minimum atomic E-state index is 0.0499. The molecule has 2 N–H and O–H groups in total. The summed E-state index contributed by atoms with van der Waals surface area (Å²) >= 11 is 4.74. The number of amides is 1. The molecule has 4 nitrogen and oxygen atoms in total.